The van der Waals surface area contributed by atoms with Gasteiger partial charge < -0.3 is 29.9 Å². The second kappa shape index (κ2) is 9.80. The van der Waals surface area contributed by atoms with Crippen LogP contribution >= 0.6 is 0 Å². The first kappa shape index (κ1) is 24.3. The van der Waals surface area contributed by atoms with Crippen molar-refractivity contribution < 1.29 is 9.53 Å². The van der Waals surface area contributed by atoms with E-state index in [-0.39, 0.29) is 23.2 Å². The van der Waals surface area contributed by atoms with Gasteiger partial charge in [-0.2, -0.15) is 0 Å². The van der Waals surface area contributed by atoms with Gasteiger partial charge in [0.1, 0.15) is 17.2 Å². The molecule has 2 heterocycles. The third-order valence-corrected chi connectivity index (χ3v) is 6.45. The second-order valence-electron chi connectivity index (χ2n) is 9.28. The van der Waals surface area contributed by atoms with Crippen LogP contribution in [0.2, 0.25) is 0 Å². The zero-order valence-corrected chi connectivity index (χ0v) is 20.7. The monoisotopic (exact) mass is 472 g/mol. The van der Waals surface area contributed by atoms with Crippen LogP contribution in [0.3, 0.4) is 0 Å². The minimum absolute atomic E-state index is 0.157. The molecule has 8 heteroatoms. The smallest absolute Gasteiger partial charge is 0.255 e. The molecule has 4 rings (SSSR count). The molecular formula is C27H32N6O2. The number of ether oxygens (including phenoxy) is 1. The Morgan fingerprint density at radius 3 is 2.71 bits per heavy atom. The number of aromatic nitrogens is 3. The Hall–Kier alpha value is -3.83. The number of amides is 1. The maximum Gasteiger partial charge on any atom is 0.255 e. The molecule has 0 aromatic carbocycles. The highest BCUT2D eigenvalue weighted by Gasteiger charge is 2.44. The van der Waals surface area contributed by atoms with E-state index in [9.17, 15) is 4.79 Å². The number of anilines is 1. The lowest BCUT2D eigenvalue weighted by molar-refractivity contribution is 0.0944. The van der Waals surface area contributed by atoms with Gasteiger partial charge in [-0.25, -0.2) is 4.98 Å². The van der Waals surface area contributed by atoms with Crippen molar-refractivity contribution in [1.82, 2.24) is 19.4 Å². The first-order valence-corrected chi connectivity index (χ1v) is 11.7. The van der Waals surface area contributed by atoms with E-state index in [0.717, 1.165) is 24.1 Å². The molecular weight excluding hydrogens is 440 g/mol. The summed E-state index contributed by atoms with van der Waals surface area (Å²) in [6, 6.07) is -0.157. The molecule has 0 radical (unpaired) electrons. The summed E-state index contributed by atoms with van der Waals surface area (Å²) in [5, 5.41) is 14.9. The number of aryl methyl sites for hydroxylation is 1. The Morgan fingerprint density at radius 2 is 2.17 bits per heavy atom. The standard InChI is InChI=1S/C27H32N6O2/c1-6-30-25-23(18(2)28)24(26(34)31-20-9-7-19(8-10-20)16-35-5)22(33(25)27(3)13-14-27)12-11-21-15-29-17-32(21)4/h6-9,15,17,20,28,30H,1,10,13-14,16H2,2-5H3,(H,31,34). The Balaban J connectivity index is 1.82. The molecule has 2 aliphatic carbocycles. The molecule has 1 amide bonds. The van der Waals surface area contributed by atoms with Gasteiger partial charge in [-0.1, -0.05) is 24.8 Å². The number of carbonyl (C=O) groups excluding carboxylic acids is 1. The summed E-state index contributed by atoms with van der Waals surface area (Å²) in [6.45, 7) is 8.21. The SMILES string of the molecule is C=CNc1c(C(C)=N)c(C(=O)NC2C=CC(COC)=CC2)c(C#Cc2cncn2C)n1C1(C)CC1. The van der Waals surface area contributed by atoms with Crippen LogP contribution in [0.4, 0.5) is 5.82 Å². The summed E-state index contributed by atoms with van der Waals surface area (Å²) >= 11 is 0. The number of nitrogens with zero attached hydrogens (tertiary/aromatic N) is 3. The topological polar surface area (TPSA) is 97.0 Å². The van der Waals surface area contributed by atoms with Crippen molar-refractivity contribution in [3.05, 3.63) is 71.6 Å². The van der Waals surface area contributed by atoms with Crippen molar-refractivity contribution in [2.45, 2.75) is 44.7 Å². The van der Waals surface area contributed by atoms with E-state index in [4.69, 9.17) is 10.1 Å². The van der Waals surface area contributed by atoms with Crippen LogP contribution in [0.15, 0.2) is 49.1 Å². The van der Waals surface area contributed by atoms with Crippen LogP contribution in [0.1, 0.15) is 60.4 Å². The fraction of sp³-hybridized carbons (Fsp3) is 0.370. The average molecular weight is 473 g/mol. The number of methoxy groups -OCH3 is 1. The van der Waals surface area contributed by atoms with Gasteiger partial charge in [0.05, 0.1) is 36.3 Å². The molecule has 2 aromatic rings. The minimum Gasteiger partial charge on any atom is -0.380 e. The fourth-order valence-electron chi connectivity index (χ4n) is 4.34. The number of hydrogen-bond donors (Lipinski definition) is 3. The zero-order chi connectivity index (χ0) is 25.2. The zero-order valence-electron chi connectivity index (χ0n) is 20.7. The summed E-state index contributed by atoms with van der Waals surface area (Å²) < 4.78 is 9.11. The van der Waals surface area contributed by atoms with Crippen molar-refractivity contribution in [1.29, 1.82) is 5.41 Å². The second-order valence-corrected chi connectivity index (χ2v) is 9.28. The van der Waals surface area contributed by atoms with Crippen LogP contribution in [-0.4, -0.2) is 45.5 Å². The molecule has 182 valence electrons. The normalized spacial score (nSPS) is 17.7. The van der Waals surface area contributed by atoms with E-state index in [0.29, 0.717) is 35.7 Å². The molecule has 35 heavy (non-hydrogen) atoms. The van der Waals surface area contributed by atoms with Gasteiger partial charge in [-0.15, -0.1) is 0 Å². The van der Waals surface area contributed by atoms with E-state index in [1.807, 2.05) is 23.8 Å². The molecule has 0 spiro atoms. The summed E-state index contributed by atoms with van der Waals surface area (Å²) in [4.78, 5) is 17.9. The largest absolute Gasteiger partial charge is 0.380 e. The van der Waals surface area contributed by atoms with Gasteiger partial charge in [0.2, 0.25) is 0 Å². The van der Waals surface area contributed by atoms with Gasteiger partial charge >= 0.3 is 0 Å². The maximum atomic E-state index is 13.8. The third-order valence-electron chi connectivity index (χ3n) is 6.45. The van der Waals surface area contributed by atoms with Gasteiger partial charge in [0, 0.05) is 25.4 Å². The average Bonchev–Trinajstić information content (AvgIpc) is 3.28. The van der Waals surface area contributed by atoms with Crippen molar-refractivity contribution >= 4 is 17.4 Å². The number of carbonyl (C=O) groups is 1. The van der Waals surface area contributed by atoms with E-state index in [2.05, 4.69) is 51.6 Å². The predicted molar refractivity (Wildman–Crippen MR) is 138 cm³/mol. The van der Waals surface area contributed by atoms with E-state index in [1.165, 1.54) is 0 Å². The Bertz CT molecular complexity index is 1290. The first-order valence-electron chi connectivity index (χ1n) is 11.7. The van der Waals surface area contributed by atoms with Gasteiger partial charge in [-0.05, 0) is 56.7 Å². The van der Waals surface area contributed by atoms with Gasteiger partial charge in [0.15, 0.2) is 0 Å². The molecule has 2 aromatic heterocycles. The summed E-state index contributed by atoms with van der Waals surface area (Å²) in [5.74, 6) is 6.86. The van der Waals surface area contributed by atoms with Crippen LogP contribution in [0.25, 0.3) is 0 Å². The molecule has 1 atom stereocenters. The number of hydrogen-bond acceptors (Lipinski definition) is 5. The minimum atomic E-state index is -0.255. The highest BCUT2D eigenvalue weighted by Crippen LogP contribution is 2.48. The lowest BCUT2D eigenvalue weighted by Gasteiger charge is -2.19. The molecule has 1 unspecified atom stereocenters. The van der Waals surface area contributed by atoms with Crippen LogP contribution in [-0.2, 0) is 17.3 Å². The van der Waals surface area contributed by atoms with E-state index < -0.39 is 0 Å². The molecule has 1 saturated carbocycles. The number of imidazole rings is 1. The van der Waals surface area contributed by atoms with Crippen molar-refractivity contribution in [3.63, 3.8) is 0 Å². The first-order chi connectivity index (χ1) is 16.8. The van der Waals surface area contributed by atoms with Crippen LogP contribution < -0.4 is 10.6 Å². The predicted octanol–water partition coefficient (Wildman–Crippen LogP) is 3.70. The molecule has 0 saturated heterocycles. The van der Waals surface area contributed by atoms with E-state index >= 15 is 0 Å². The van der Waals surface area contributed by atoms with Crippen molar-refractivity contribution in [2.24, 2.45) is 7.05 Å². The van der Waals surface area contributed by atoms with Crippen LogP contribution in [0, 0.1) is 17.3 Å². The molecule has 8 nitrogen and oxygen atoms in total. The van der Waals surface area contributed by atoms with Crippen molar-refractivity contribution in [2.75, 3.05) is 19.0 Å². The lowest BCUT2D eigenvalue weighted by atomic mass is 10.0. The van der Waals surface area contributed by atoms with Crippen LogP contribution in [0.5, 0.6) is 0 Å². The quantitative estimate of drug-likeness (QED) is 0.403. The summed E-state index contributed by atoms with van der Waals surface area (Å²) in [6.07, 6.45) is 13.6. The van der Waals surface area contributed by atoms with E-state index in [1.54, 1.807) is 32.8 Å². The highest BCUT2D eigenvalue weighted by molar-refractivity contribution is 6.13. The highest BCUT2D eigenvalue weighted by atomic mass is 16.5. The molecule has 1 fully saturated rings. The molecule has 0 aliphatic heterocycles. The molecule has 0 bridgehead atoms. The third kappa shape index (κ3) is 4.86. The lowest BCUT2D eigenvalue weighted by Crippen LogP contribution is -2.35. The summed E-state index contributed by atoms with van der Waals surface area (Å²) in [5.41, 5.74) is 3.46. The van der Waals surface area contributed by atoms with Gasteiger partial charge in [-0.3, -0.25) is 4.79 Å². The van der Waals surface area contributed by atoms with Gasteiger partial charge in [0.25, 0.3) is 5.91 Å². The molecule has 3 N–H and O–H groups in total. The Labute approximate surface area is 206 Å². The Kier molecular flexibility index (Phi) is 6.81. The summed E-state index contributed by atoms with van der Waals surface area (Å²) in [7, 11) is 3.54. The fourth-order valence-corrected chi connectivity index (χ4v) is 4.34. The maximum absolute atomic E-state index is 13.8. The van der Waals surface area contributed by atoms with Crippen molar-refractivity contribution in [3.8, 4) is 11.8 Å². The number of nitrogens with one attached hydrogen (secondary N) is 3. The Morgan fingerprint density at radius 1 is 1.40 bits per heavy atom. The molecule has 2 aliphatic rings. The number of rotatable bonds is 8.